The molecule has 0 saturated carbocycles. The number of benzene rings is 3. The van der Waals surface area contributed by atoms with Crippen LogP contribution in [-0.2, 0) is 10.0 Å². The van der Waals surface area contributed by atoms with E-state index < -0.39 is 16.1 Å². The second-order valence-corrected chi connectivity index (χ2v) is 8.29. The molecule has 3 aromatic rings. The van der Waals surface area contributed by atoms with Crippen molar-refractivity contribution in [1.82, 2.24) is 4.72 Å². The first-order valence-electron chi connectivity index (χ1n) is 8.64. The van der Waals surface area contributed by atoms with E-state index in [1.165, 1.54) is 0 Å². The largest absolute Gasteiger partial charge is 0.496 e. The van der Waals surface area contributed by atoms with E-state index in [0.29, 0.717) is 11.3 Å². The molecule has 5 nitrogen and oxygen atoms in total. The highest BCUT2D eigenvalue weighted by atomic mass is 32.2. The number of hydrogen-bond acceptors (Lipinski definition) is 4. The zero-order valence-corrected chi connectivity index (χ0v) is 16.4. The van der Waals surface area contributed by atoms with E-state index in [0.717, 1.165) is 21.9 Å². The topological polar surface area (TPSA) is 75.6 Å². The Kier molecular flexibility index (Phi) is 5.51. The maximum atomic E-state index is 12.7. The zero-order chi connectivity index (χ0) is 19.6. The van der Waals surface area contributed by atoms with Crippen molar-refractivity contribution in [3.63, 3.8) is 0 Å². The summed E-state index contributed by atoms with van der Waals surface area (Å²) < 4.78 is 33.1. The molecule has 0 spiro atoms. The molecule has 0 amide bonds. The minimum Gasteiger partial charge on any atom is -0.496 e. The fourth-order valence-electron chi connectivity index (χ4n) is 3.31. The van der Waals surface area contributed by atoms with Gasteiger partial charge in [-0.15, -0.1) is 0 Å². The minimum atomic E-state index is -3.75. The standard InChI is InChI=1S/C21H23NO4S/c1-14-11-17(12-15(2)21(14)26-3)27(24,25)22-13-20(23)19-10-6-8-16-7-4-5-9-18(16)19/h4-12,20,22-23H,13H2,1-3H3/t20-/m1/s1. The lowest BCUT2D eigenvalue weighted by Gasteiger charge is -2.16. The van der Waals surface area contributed by atoms with E-state index in [-0.39, 0.29) is 11.4 Å². The highest BCUT2D eigenvalue weighted by molar-refractivity contribution is 7.89. The van der Waals surface area contributed by atoms with Crippen LogP contribution in [-0.4, -0.2) is 27.2 Å². The van der Waals surface area contributed by atoms with Gasteiger partial charge in [0.1, 0.15) is 5.75 Å². The Morgan fingerprint density at radius 1 is 1.04 bits per heavy atom. The van der Waals surface area contributed by atoms with Gasteiger partial charge in [-0.3, -0.25) is 0 Å². The molecule has 0 aliphatic carbocycles. The van der Waals surface area contributed by atoms with E-state index in [4.69, 9.17) is 4.74 Å². The third-order valence-electron chi connectivity index (χ3n) is 4.60. The predicted molar refractivity (Wildman–Crippen MR) is 107 cm³/mol. The molecule has 0 unspecified atom stereocenters. The van der Waals surface area contributed by atoms with Crippen molar-refractivity contribution in [2.45, 2.75) is 24.8 Å². The number of methoxy groups -OCH3 is 1. The van der Waals surface area contributed by atoms with Gasteiger partial charge in [-0.05, 0) is 53.4 Å². The molecule has 27 heavy (non-hydrogen) atoms. The second kappa shape index (κ2) is 7.68. The van der Waals surface area contributed by atoms with Crippen LogP contribution in [0.2, 0.25) is 0 Å². The third kappa shape index (κ3) is 3.98. The van der Waals surface area contributed by atoms with Gasteiger partial charge in [0, 0.05) is 6.54 Å². The zero-order valence-electron chi connectivity index (χ0n) is 15.6. The number of sulfonamides is 1. The molecule has 0 aliphatic heterocycles. The third-order valence-corrected chi connectivity index (χ3v) is 6.00. The van der Waals surface area contributed by atoms with Crippen LogP contribution in [0.4, 0.5) is 0 Å². The van der Waals surface area contributed by atoms with E-state index in [1.54, 1.807) is 33.1 Å². The average molecular weight is 385 g/mol. The van der Waals surface area contributed by atoms with Crippen LogP contribution in [0.1, 0.15) is 22.8 Å². The fourth-order valence-corrected chi connectivity index (χ4v) is 4.52. The Morgan fingerprint density at radius 2 is 1.67 bits per heavy atom. The van der Waals surface area contributed by atoms with Gasteiger partial charge in [0.15, 0.2) is 0 Å². The van der Waals surface area contributed by atoms with Crippen LogP contribution in [0.25, 0.3) is 10.8 Å². The molecule has 142 valence electrons. The SMILES string of the molecule is COc1c(C)cc(S(=O)(=O)NC[C@@H](O)c2cccc3ccccc23)cc1C. The van der Waals surface area contributed by atoms with Gasteiger partial charge >= 0.3 is 0 Å². The van der Waals surface area contributed by atoms with Gasteiger partial charge < -0.3 is 9.84 Å². The van der Waals surface area contributed by atoms with E-state index in [9.17, 15) is 13.5 Å². The van der Waals surface area contributed by atoms with Crippen LogP contribution in [0.5, 0.6) is 5.75 Å². The molecule has 0 aliphatic rings. The molecule has 0 radical (unpaired) electrons. The first kappa shape index (κ1) is 19.4. The lowest BCUT2D eigenvalue weighted by Crippen LogP contribution is -2.28. The van der Waals surface area contributed by atoms with Crippen molar-refractivity contribution in [2.24, 2.45) is 0 Å². The molecular formula is C21H23NO4S. The number of rotatable bonds is 6. The van der Waals surface area contributed by atoms with Crippen molar-refractivity contribution in [3.05, 3.63) is 71.3 Å². The molecule has 3 aromatic carbocycles. The monoisotopic (exact) mass is 385 g/mol. The fraction of sp³-hybridized carbons (Fsp3) is 0.238. The van der Waals surface area contributed by atoms with Crippen LogP contribution >= 0.6 is 0 Å². The van der Waals surface area contributed by atoms with E-state index >= 15 is 0 Å². The summed E-state index contributed by atoms with van der Waals surface area (Å²) in [5.41, 5.74) is 2.18. The van der Waals surface area contributed by atoms with Gasteiger partial charge in [-0.25, -0.2) is 13.1 Å². The first-order valence-corrected chi connectivity index (χ1v) is 10.1. The summed E-state index contributed by atoms with van der Waals surface area (Å²) in [4.78, 5) is 0.156. The Morgan fingerprint density at radius 3 is 2.33 bits per heavy atom. The number of aryl methyl sites for hydroxylation is 2. The molecule has 6 heteroatoms. The highest BCUT2D eigenvalue weighted by Gasteiger charge is 2.20. The number of hydrogen-bond donors (Lipinski definition) is 2. The maximum Gasteiger partial charge on any atom is 0.240 e. The van der Waals surface area contributed by atoms with Crippen molar-refractivity contribution in [2.75, 3.05) is 13.7 Å². The van der Waals surface area contributed by atoms with Gasteiger partial charge in [-0.2, -0.15) is 0 Å². The smallest absolute Gasteiger partial charge is 0.240 e. The summed E-state index contributed by atoms with van der Waals surface area (Å²) in [5, 5.41) is 12.5. The number of aliphatic hydroxyl groups is 1. The Hall–Kier alpha value is -2.41. The van der Waals surface area contributed by atoms with Gasteiger partial charge in [0.2, 0.25) is 10.0 Å². The summed E-state index contributed by atoms with van der Waals surface area (Å²) in [6.07, 6.45) is -0.952. The summed E-state index contributed by atoms with van der Waals surface area (Å²) in [6, 6.07) is 16.4. The molecule has 2 N–H and O–H groups in total. The number of nitrogens with one attached hydrogen (secondary N) is 1. The number of aliphatic hydroxyl groups excluding tert-OH is 1. The molecule has 1 atom stereocenters. The molecular weight excluding hydrogens is 362 g/mol. The lowest BCUT2D eigenvalue weighted by molar-refractivity contribution is 0.183. The highest BCUT2D eigenvalue weighted by Crippen LogP contribution is 2.27. The van der Waals surface area contributed by atoms with Gasteiger partial charge in [0.05, 0.1) is 18.1 Å². The van der Waals surface area contributed by atoms with Crippen molar-refractivity contribution in [3.8, 4) is 5.75 Å². The van der Waals surface area contributed by atoms with Gasteiger partial charge in [-0.1, -0.05) is 42.5 Å². The van der Waals surface area contributed by atoms with Crippen LogP contribution < -0.4 is 9.46 Å². The van der Waals surface area contributed by atoms with Crippen molar-refractivity contribution >= 4 is 20.8 Å². The predicted octanol–water partition coefficient (Wildman–Crippen LogP) is 3.48. The van der Waals surface area contributed by atoms with Crippen molar-refractivity contribution < 1.29 is 18.3 Å². The Balaban J connectivity index is 1.83. The first-order chi connectivity index (χ1) is 12.8. The van der Waals surface area contributed by atoms with Crippen LogP contribution in [0.15, 0.2) is 59.5 Å². The molecule has 0 saturated heterocycles. The Labute approximate surface area is 159 Å². The maximum absolute atomic E-state index is 12.7. The molecule has 0 aromatic heterocycles. The molecule has 3 rings (SSSR count). The summed E-state index contributed by atoms with van der Waals surface area (Å²) in [7, 11) is -2.19. The Bertz CT molecular complexity index is 1050. The van der Waals surface area contributed by atoms with Crippen LogP contribution in [0, 0.1) is 13.8 Å². The molecule has 0 heterocycles. The number of fused-ring (bicyclic) bond motifs is 1. The van der Waals surface area contributed by atoms with Crippen molar-refractivity contribution in [1.29, 1.82) is 0 Å². The average Bonchev–Trinajstić information content (AvgIpc) is 2.65. The number of ether oxygens (including phenoxy) is 1. The summed E-state index contributed by atoms with van der Waals surface area (Å²) in [5.74, 6) is 0.671. The quantitative estimate of drug-likeness (QED) is 0.681. The van der Waals surface area contributed by atoms with E-state index in [2.05, 4.69) is 4.72 Å². The lowest BCUT2D eigenvalue weighted by atomic mass is 10.0. The van der Waals surface area contributed by atoms with Gasteiger partial charge in [0.25, 0.3) is 0 Å². The molecule has 0 bridgehead atoms. The van der Waals surface area contributed by atoms with E-state index in [1.807, 2.05) is 42.5 Å². The van der Waals surface area contributed by atoms with Crippen LogP contribution in [0.3, 0.4) is 0 Å². The summed E-state index contributed by atoms with van der Waals surface area (Å²) >= 11 is 0. The minimum absolute atomic E-state index is 0.111. The normalized spacial score (nSPS) is 12.9. The second-order valence-electron chi connectivity index (χ2n) is 6.53. The summed E-state index contributed by atoms with van der Waals surface area (Å²) in [6.45, 7) is 3.49. The molecule has 0 fully saturated rings.